The van der Waals surface area contributed by atoms with Crippen LogP contribution in [0.4, 0.5) is 5.69 Å². The quantitative estimate of drug-likeness (QED) is 0.843. The van der Waals surface area contributed by atoms with Crippen LogP contribution >= 0.6 is 0 Å². The van der Waals surface area contributed by atoms with E-state index >= 15 is 0 Å². The third kappa shape index (κ3) is 3.06. The molecule has 2 aromatic carbocycles. The highest BCUT2D eigenvalue weighted by atomic mass is 16.5. The van der Waals surface area contributed by atoms with E-state index in [4.69, 9.17) is 4.74 Å². The van der Waals surface area contributed by atoms with Crippen molar-refractivity contribution in [3.05, 3.63) is 59.2 Å². The number of carbonyl (C=O) groups is 3. The lowest BCUT2D eigenvalue weighted by Gasteiger charge is -2.07. The molecule has 3 amide bonds. The zero-order valence-electron chi connectivity index (χ0n) is 12.4. The van der Waals surface area contributed by atoms with Crippen LogP contribution in [0.2, 0.25) is 0 Å². The average Bonchev–Trinajstić information content (AvgIpc) is 2.81. The van der Waals surface area contributed by atoms with Crippen molar-refractivity contribution >= 4 is 23.4 Å². The van der Waals surface area contributed by atoms with E-state index in [9.17, 15) is 14.4 Å². The maximum Gasteiger partial charge on any atom is 0.259 e. The van der Waals surface area contributed by atoms with Crippen molar-refractivity contribution < 1.29 is 19.1 Å². The zero-order valence-corrected chi connectivity index (χ0v) is 12.4. The fourth-order valence-corrected chi connectivity index (χ4v) is 2.42. The second-order valence-electron chi connectivity index (χ2n) is 5.12. The highest BCUT2D eigenvalue weighted by molar-refractivity contribution is 6.22. The number of imide groups is 1. The Morgan fingerprint density at radius 2 is 1.87 bits per heavy atom. The average molecular weight is 310 g/mol. The van der Waals surface area contributed by atoms with Crippen LogP contribution in [0, 0.1) is 0 Å². The molecule has 3 rings (SSSR count). The topological polar surface area (TPSA) is 84.5 Å². The smallest absolute Gasteiger partial charge is 0.259 e. The van der Waals surface area contributed by atoms with Gasteiger partial charge in [0, 0.05) is 5.69 Å². The van der Waals surface area contributed by atoms with Crippen molar-refractivity contribution in [3.8, 4) is 5.75 Å². The summed E-state index contributed by atoms with van der Waals surface area (Å²) in [5.74, 6) is -0.404. The largest absolute Gasteiger partial charge is 0.497 e. The number of rotatable bonds is 4. The Labute approximate surface area is 132 Å². The van der Waals surface area contributed by atoms with Gasteiger partial charge in [-0.25, -0.2) is 0 Å². The van der Waals surface area contributed by atoms with Gasteiger partial charge >= 0.3 is 0 Å². The lowest BCUT2D eigenvalue weighted by atomic mass is 10.1. The minimum atomic E-state index is -0.450. The molecule has 0 atom stereocenters. The van der Waals surface area contributed by atoms with Gasteiger partial charge in [-0.3, -0.25) is 19.7 Å². The molecule has 116 valence electrons. The van der Waals surface area contributed by atoms with Crippen LogP contribution < -0.4 is 15.4 Å². The number of hydrogen-bond acceptors (Lipinski definition) is 4. The fourth-order valence-electron chi connectivity index (χ4n) is 2.42. The van der Waals surface area contributed by atoms with Gasteiger partial charge in [-0.05, 0) is 35.9 Å². The number of amides is 3. The van der Waals surface area contributed by atoms with Gasteiger partial charge in [-0.1, -0.05) is 12.1 Å². The molecule has 0 radical (unpaired) electrons. The second-order valence-corrected chi connectivity index (χ2v) is 5.12. The van der Waals surface area contributed by atoms with Crippen molar-refractivity contribution in [2.75, 3.05) is 12.4 Å². The Kier molecular flexibility index (Phi) is 3.80. The molecule has 2 aromatic rings. The van der Waals surface area contributed by atoms with Gasteiger partial charge in [0.1, 0.15) is 5.75 Å². The molecule has 0 aromatic heterocycles. The van der Waals surface area contributed by atoms with E-state index in [-0.39, 0.29) is 17.9 Å². The number of carbonyl (C=O) groups excluding carboxylic acids is 3. The van der Waals surface area contributed by atoms with E-state index in [2.05, 4.69) is 10.6 Å². The summed E-state index contributed by atoms with van der Waals surface area (Å²) in [6.45, 7) is 0. The molecule has 0 spiro atoms. The van der Waals surface area contributed by atoms with Gasteiger partial charge < -0.3 is 10.1 Å². The molecule has 1 heterocycles. The molecule has 0 bridgehead atoms. The summed E-state index contributed by atoms with van der Waals surface area (Å²) in [5.41, 5.74) is 1.88. The number of ether oxygens (including phenoxy) is 1. The molecule has 0 unspecified atom stereocenters. The molecule has 6 heteroatoms. The number of nitrogens with one attached hydrogen (secondary N) is 2. The molecular weight excluding hydrogens is 296 g/mol. The van der Waals surface area contributed by atoms with E-state index in [1.165, 1.54) is 12.1 Å². The minimum absolute atomic E-state index is 0.180. The van der Waals surface area contributed by atoms with Crippen LogP contribution in [0.5, 0.6) is 5.75 Å². The summed E-state index contributed by atoms with van der Waals surface area (Å²) in [6.07, 6.45) is 0.180. The summed E-state index contributed by atoms with van der Waals surface area (Å²) in [7, 11) is 1.57. The van der Waals surface area contributed by atoms with Crippen molar-refractivity contribution in [3.63, 3.8) is 0 Å². The van der Waals surface area contributed by atoms with E-state index in [0.717, 1.165) is 5.56 Å². The Hall–Kier alpha value is -3.15. The maximum atomic E-state index is 12.1. The normalized spacial score (nSPS) is 12.6. The number of anilines is 1. The van der Waals surface area contributed by atoms with Crippen molar-refractivity contribution in [1.82, 2.24) is 5.32 Å². The summed E-state index contributed by atoms with van der Waals surface area (Å²) in [6, 6.07) is 11.9. The van der Waals surface area contributed by atoms with E-state index in [1.807, 2.05) is 12.1 Å². The van der Waals surface area contributed by atoms with Crippen LogP contribution in [-0.2, 0) is 11.2 Å². The van der Waals surface area contributed by atoms with Gasteiger partial charge in [-0.2, -0.15) is 0 Å². The van der Waals surface area contributed by atoms with Crippen LogP contribution in [0.1, 0.15) is 26.3 Å². The van der Waals surface area contributed by atoms with E-state index < -0.39 is 11.8 Å². The van der Waals surface area contributed by atoms with Crippen LogP contribution in [-0.4, -0.2) is 24.8 Å². The summed E-state index contributed by atoms with van der Waals surface area (Å²) < 4.78 is 5.12. The Morgan fingerprint density at radius 3 is 2.65 bits per heavy atom. The first-order chi connectivity index (χ1) is 11.1. The first kappa shape index (κ1) is 14.8. The van der Waals surface area contributed by atoms with Crippen LogP contribution in [0.15, 0.2) is 42.5 Å². The molecule has 0 fully saturated rings. The molecule has 0 aliphatic carbocycles. The predicted molar refractivity (Wildman–Crippen MR) is 83.6 cm³/mol. The molecule has 0 saturated heterocycles. The highest BCUT2D eigenvalue weighted by Crippen LogP contribution is 2.20. The van der Waals surface area contributed by atoms with Gasteiger partial charge in [0.05, 0.1) is 24.7 Å². The molecule has 2 N–H and O–H groups in total. The lowest BCUT2D eigenvalue weighted by Crippen LogP contribution is -2.19. The second kappa shape index (κ2) is 5.92. The summed E-state index contributed by atoms with van der Waals surface area (Å²) in [5, 5.41) is 4.93. The maximum absolute atomic E-state index is 12.1. The molecule has 23 heavy (non-hydrogen) atoms. The fraction of sp³-hybridized carbons (Fsp3) is 0.118. The first-order valence-electron chi connectivity index (χ1n) is 6.99. The Bertz CT molecular complexity index is 814. The van der Waals surface area contributed by atoms with Crippen molar-refractivity contribution in [1.29, 1.82) is 0 Å². The minimum Gasteiger partial charge on any atom is -0.497 e. The van der Waals surface area contributed by atoms with Crippen LogP contribution in [0.3, 0.4) is 0 Å². The van der Waals surface area contributed by atoms with Gasteiger partial charge in [-0.15, -0.1) is 0 Å². The summed E-state index contributed by atoms with van der Waals surface area (Å²) in [4.78, 5) is 35.2. The molecule has 0 saturated carbocycles. The predicted octanol–water partition coefficient (Wildman–Crippen LogP) is 1.76. The molecule has 6 nitrogen and oxygen atoms in total. The molecular formula is C17H14N2O4. The number of hydrogen-bond donors (Lipinski definition) is 2. The zero-order chi connectivity index (χ0) is 16.4. The number of benzene rings is 2. The first-order valence-corrected chi connectivity index (χ1v) is 6.99. The Morgan fingerprint density at radius 1 is 1.09 bits per heavy atom. The van der Waals surface area contributed by atoms with E-state index in [1.54, 1.807) is 25.3 Å². The Balaban J connectivity index is 1.72. The van der Waals surface area contributed by atoms with E-state index in [0.29, 0.717) is 17.0 Å². The number of fused-ring (bicyclic) bond motifs is 1. The standard InChI is InChI=1S/C17H14N2O4/c1-23-12-4-2-3-10(7-12)8-15(20)18-11-5-6-13-14(9-11)17(22)19-16(13)21/h2-7,9H,8H2,1H3,(H,18,20)(H,19,21,22). The third-order valence-electron chi connectivity index (χ3n) is 3.52. The van der Waals surface area contributed by atoms with Gasteiger partial charge in [0.15, 0.2) is 0 Å². The van der Waals surface area contributed by atoms with Gasteiger partial charge in [0.2, 0.25) is 5.91 Å². The van der Waals surface area contributed by atoms with Crippen molar-refractivity contribution in [2.45, 2.75) is 6.42 Å². The van der Waals surface area contributed by atoms with Gasteiger partial charge in [0.25, 0.3) is 11.8 Å². The molecule has 1 aliphatic rings. The number of methoxy groups -OCH3 is 1. The molecule has 1 aliphatic heterocycles. The van der Waals surface area contributed by atoms with Crippen molar-refractivity contribution in [2.24, 2.45) is 0 Å². The third-order valence-corrected chi connectivity index (χ3v) is 3.52. The summed E-state index contributed by atoms with van der Waals surface area (Å²) >= 11 is 0. The highest BCUT2D eigenvalue weighted by Gasteiger charge is 2.26. The van der Waals surface area contributed by atoms with Crippen LogP contribution in [0.25, 0.3) is 0 Å². The lowest BCUT2D eigenvalue weighted by molar-refractivity contribution is -0.115. The SMILES string of the molecule is COc1cccc(CC(=O)Nc2ccc3c(c2)C(=O)NC3=O)c1. The monoisotopic (exact) mass is 310 g/mol.